The van der Waals surface area contributed by atoms with Gasteiger partial charge >= 0.3 is 0 Å². The Kier molecular flexibility index (Phi) is 9.19. The van der Waals surface area contributed by atoms with Gasteiger partial charge in [0.05, 0.1) is 13.3 Å². The second kappa shape index (κ2) is 12.7. The highest BCUT2D eigenvalue weighted by molar-refractivity contribution is 6.05. The molecule has 3 aromatic carbocycles. The molecule has 180 valence electrons. The topological polar surface area (TPSA) is 83.0 Å². The summed E-state index contributed by atoms with van der Waals surface area (Å²) in [6.45, 7) is 6.01. The molecule has 0 spiro atoms. The third-order valence-electron chi connectivity index (χ3n) is 5.36. The quantitative estimate of drug-likeness (QED) is 0.260. The van der Waals surface area contributed by atoms with Gasteiger partial charge < -0.3 is 15.0 Å². The molecule has 2 N–H and O–H groups in total. The predicted octanol–water partition coefficient (Wildman–Crippen LogP) is 4.46. The van der Waals surface area contributed by atoms with Crippen LogP contribution in [0.3, 0.4) is 0 Å². The third kappa shape index (κ3) is 7.30. The van der Waals surface area contributed by atoms with Crippen LogP contribution < -0.4 is 20.4 Å². The van der Waals surface area contributed by atoms with Crippen molar-refractivity contribution < 1.29 is 14.3 Å². The Hall–Kier alpha value is -4.39. The minimum Gasteiger partial charge on any atom is -0.497 e. The van der Waals surface area contributed by atoms with Gasteiger partial charge in [0.1, 0.15) is 11.4 Å². The molecule has 3 aromatic rings. The maximum atomic E-state index is 12.9. The Balaban J connectivity index is 1.80. The molecule has 0 fully saturated rings. The number of carbonyl (C=O) groups excluding carboxylic acids is 2. The highest BCUT2D eigenvalue weighted by Gasteiger charge is 2.14. The average molecular weight is 471 g/mol. The monoisotopic (exact) mass is 470 g/mol. The van der Waals surface area contributed by atoms with Crippen LogP contribution in [0.1, 0.15) is 35.3 Å². The number of ether oxygens (including phenoxy) is 1. The van der Waals surface area contributed by atoms with E-state index in [4.69, 9.17) is 4.74 Å². The maximum absolute atomic E-state index is 12.9. The van der Waals surface area contributed by atoms with E-state index in [1.165, 1.54) is 6.21 Å². The van der Waals surface area contributed by atoms with Gasteiger partial charge in [-0.2, -0.15) is 5.10 Å². The van der Waals surface area contributed by atoms with Crippen LogP contribution in [0.2, 0.25) is 0 Å². The molecule has 0 heterocycles. The van der Waals surface area contributed by atoms with Gasteiger partial charge in [0.25, 0.3) is 11.8 Å². The smallest absolute Gasteiger partial charge is 0.287 e. The van der Waals surface area contributed by atoms with Crippen LogP contribution in [0, 0.1) is 0 Å². The standard InChI is InChI=1S/C28H30N4O3/c1-4-32(5-2)24-15-11-21(12-16-24)19-26(30-27(33)23-9-7-6-8-10-23)28(34)31-29-20-22-13-17-25(35-3)18-14-22/h6-20H,4-5H2,1-3H3,(H,30,33)(H,31,34)/b26-19-,29-20?. The van der Waals surface area contributed by atoms with E-state index in [1.54, 1.807) is 49.6 Å². The fourth-order valence-electron chi connectivity index (χ4n) is 3.39. The second-order valence-corrected chi connectivity index (χ2v) is 7.61. The Morgan fingerprint density at radius 2 is 1.51 bits per heavy atom. The van der Waals surface area contributed by atoms with Gasteiger partial charge in [0, 0.05) is 24.3 Å². The van der Waals surface area contributed by atoms with Crippen LogP contribution in [-0.2, 0) is 4.79 Å². The number of hydrogen-bond donors (Lipinski definition) is 2. The lowest BCUT2D eigenvalue weighted by molar-refractivity contribution is -0.117. The molecule has 0 aliphatic carbocycles. The van der Waals surface area contributed by atoms with E-state index in [9.17, 15) is 9.59 Å². The molecule has 0 radical (unpaired) electrons. The first-order chi connectivity index (χ1) is 17.0. The molecule has 0 saturated heterocycles. The lowest BCUT2D eigenvalue weighted by Gasteiger charge is -2.20. The van der Waals surface area contributed by atoms with Crippen LogP contribution >= 0.6 is 0 Å². The Labute approximate surface area is 206 Å². The van der Waals surface area contributed by atoms with Crippen LogP contribution in [0.4, 0.5) is 5.69 Å². The molecule has 0 aliphatic heterocycles. The molecule has 0 bridgehead atoms. The van der Waals surface area contributed by atoms with Gasteiger partial charge in [-0.05, 0) is 79.6 Å². The zero-order valence-corrected chi connectivity index (χ0v) is 20.2. The van der Waals surface area contributed by atoms with E-state index in [2.05, 4.69) is 34.6 Å². The molecule has 0 unspecified atom stereocenters. The molecule has 35 heavy (non-hydrogen) atoms. The fourth-order valence-corrected chi connectivity index (χ4v) is 3.39. The van der Waals surface area contributed by atoms with E-state index in [-0.39, 0.29) is 11.6 Å². The summed E-state index contributed by atoms with van der Waals surface area (Å²) in [6, 6.07) is 23.8. The summed E-state index contributed by atoms with van der Waals surface area (Å²) < 4.78 is 5.14. The number of anilines is 1. The van der Waals surface area contributed by atoms with Gasteiger partial charge in [-0.15, -0.1) is 0 Å². The zero-order chi connectivity index (χ0) is 25.0. The number of carbonyl (C=O) groups is 2. The van der Waals surface area contributed by atoms with Crippen LogP contribution in [-0.4, -0.2) is 38.2 Å². The summed E-state index contributed by atoms with van der Waals surface area (Å²) in [7, 11) is 1.60. The Morgan fingerprint density at radius 1 is 0.886 bits per heavy atom. The molecule has 0 aliphatic rings. The number of benzene rings is 3. The lowest BCUT2D eigenvalue weighted by atomic mass is 10.1. The molecule has 0 aromatic heterocycles. The largest absolute Gasteiger partial charge is 0.497 e. The third-order valence-corrected chi connectivity index (χ3v) is 5.36. The van der Waals surface area contributed by atoms with Crippen molar-refractivity contribution in [2.24, 2.45) is 5.10 Å². The first-order valence-electron chi connectivity index (χ1n) is 11.4. The number of rotatable bonds is 10. The van der Waals surface area contributed by atoms with Gasteiger partial charge in [0.15, 0.2) is 0 Å². The van der Waals surface area contributed by atoms with Crippen molar-refractivity contribution in [1.82, 2.24) is 10.7 Å². The van der Waals surface area contributed by atoms with Crippen LogP contribution in [0.5, 0.6) is 5.75 Å². The maximum Gasteiger partial charge on any atom is 0.287 e. The van der Waals surface area contributed by atoms with E-state index in [0.717, 1.165) is 35.7 Å². The molecule has 7 heteroatoms. The molecular formula is C28H30N4O3. The summed E-state index contributed by atoms with van der Waals surface area (Å²) in [5, 5.41) is 6.75. The summed E-state index contributed by atoms with van der Waals surface area (Å²) in [4.78, 5) is 27.9. The number of amides is 2. The molecule has 2 amide bonds. The van der Waals surface area contributed by atoms with Crippen molar-refractivity contribution in [1.29, 1.82) is 0 Å². The fraction of sp³-hybridized carbons (Fsp3) is 0.179. The van der Waals surface area contributed by atoms with Crippen molar-refractivity contribution in [2.45, 2.75) is 13.8 Å². The normalized spacial score (nSPS) is 11.2. The minimum absolute atomic E-state index is 0.0846. The van der Waals surface area contributed by atoms with Gasteiger partial charge in [-0.3, -0.25) is 9.59 Å². The first-order valence-corrected chi connectivity index (χ1v) is 11.4. The molecular weight excluding hydrogens is 440 g/mol. The van der Waals surface area contributed by atoms with Gasteiger partial charge in [-0.25, -0.2) is 5.43 Å². The number of methoxy groups -OCH3 is 1. The van der Waals surface area contributed by atoms with Crippen LogP contribution in [0.25, 0.3) is 6.08 Å². The number of hydrogen-bond acceptors (Lipinski definition) is 5. The molecule has 0 atom stereocenters. The second-order valence-electron chi connectivity index (χ2n) is 7.61. The summed E-state index contributed by atoms with van der Waals surface area (Å²) in [6.07, 6.45) is 3.15. The van der Waals surface area contributed by atoms with Crippen molar-refractivity contribution in [2.75, 3.05) is 25.1 Å². The summed E-state index contributed by atoms with van der Waals surface area (Å²) in [5.41, 5.74) is 5.68. The highest BCUT2D eigenvalue weighted by Crippen LogP contribution is 2.17. The van der Waals surface area contributed by atoms with E-state index < -0.39 is 5.91 Å². The van der Waals surface area contributed by atoms with Gasteiger partial charge in [0.2, 0.25) is 0 Å². The van der Waals surface area contributed by atoms with Crippen molar-refractivity contribution in [3.05, 3.63) is 101 Å². The molecule has 3 rings (SSSR count). The van der Waals surface area contributed by atoms with Crippen LogP contribution in [0.15, 0.2) is 89.7 Å². The Bertz CT molecular complexity index is 1170. The number of hydrazone groups is 1. The van der Waals surface area contributed by atoms with Gasteiger partial charge in [-0.1, -0.05) is 30.3 Å². The number of nitrogens with one attached hydrogen (secondary N) is 2. The van der Waals surface area contributed by atoms with Crippen molar-refractivity contribution in [3.8, 4) is 5.75 Å². The lowest BCUT2D eigenvalue weighted by Crippen LogP contribution is -2.32. The first kappa shape index (κ1) is 25.2. The van der Waals surface area contributed by atoms with E-state index in [1.807, 2.05) is 42.5 Å². The van der Waals surface area contributed by atoms with E-state index in [0.29, 0.717) is 5.56 Å². The highest BCUT2D eigenvalue weighted by atomic mass is 16.5. The summed E-state index contributed by atoms with van der Waals surface area (Å²) in [5.74, 6) is -0.190. The summed E-state index contributed by atoms with van der Waals surface area (Å²) >= 11 is 0. The minimum atomic E-state index is -0.535. The SMILES string of the molecule is CCN(CC)c1ccc(/C=C(\NC(=O)c2ccccc2)C(=O)NN=Cc2ccc(OC)cc2)cc1. The molecule has 7 nitrogen and oxygen atoms in total. The number of nitrogens with zero attached hydrogens (tertiary/aromatic N) is 2. The Morgan fingerprint density at radius 3 is 2.11 bits per heavy atom. The average Bonchev–Trinajstić information content (AvgIpc) is 2.90. The zero-order valence-electron chi connectivity index (χ0n) is 20.2. The van der Waals surface area contributed by atoms with Crippen molar-refractivity contribution in [3.63, 3.8) is 0 Å². The molecule has 0 saturated carbocycles. The van der Waals surface area contributed by atoms with E-state index >= 15 is 0 Å². The predicted molar refractivity (Wildman–Crippen MR) is 141 cm³/mol. The van der Waals surface area contributed by atoms with Crippen molar-refractivity contribution >= 4 is 29.8 Å².